The summed E-state index contributed by atoms with van der Waals surface area (Å²) in [4.78, 5) is 13.8. The van der Waals surface area contributed by atoms with E-state index < -0.39 is 0 Å². The molecule has 1 saturated heterocycles. The highest BCUT2D eigenvalue weighted by Crippen LogP contribution is 2.46. The van der Waals surface area contributed by atoms with Gasteiger partial charge in [0.25, 0.3) is 0 Å². The number of rotatable bonds is 5. The second-order valence-electron chi connectivity index (χ2n) is 8.03. The number of hydrogen-bond acceptors (Lipinski definition) is 4. The zero-order valence-electron chi connectivity index (χ0n) is 15.1. The second-order valence-corrected chi connectivity index (χ2v) is 10.6. The smallest absolute Gasteiger partial charge is 0.151 e. The minimum Gasteiger partial charge on any atom is -0.298 e. The molecule has 1 fully saturated rings. The normalized spacial score (nSPS) is 20.9. The van der Waals surface area contributed by atoms with Crippen molar-refractivity contribution in [3.63, 3.8) is 0 Å². The quantitative estimate of drug-likeness (QED) is 0.320. The van der Waals surface area contributed by atoms with Gasteiger partial charge in [-0.3, -0.25) is 4.79 Å². The van der Waals surface area contributed by atoms with Crippen molar-refractivity contribution in [1.29, 1.82) is 0 Å². The van der Waals surface area contributed by atoms with Crippen LogP contribution in [0.15, 0.2) is 23.8 Å². The van der Waals surface area contributed by atoms with Crippen molar-refractivity contribution >= 4 is 53.0 Å². The summed E-state index contributed by atoms with van der Waals surface area (Å²) in [6.07, 6.45) is 8.61. The number of carbonyl (C=O) groups is 1. The fraction of sp³-hybridized carbons (Fsp3) is 0.500. The minimum atomic E-state index is -0.0237. The molecule has 4 heteroatoms. The Morgan fingerprint density at radius 3 is 2.54 bits per heavy atom. The number of hydrogen-bond donors (Lipinski definition) is 0. The number of carbonyl (C=O) groups excluding carboxylic acids is 1. The van der Waals surface area contributed by atoms with Crippen LogP contribution in [0.5, 0.6) is 0 Å². The van der Waals surface area contributed by atoms with Gasteiger partial charge >= 0.3 is 0 Å². The molecule has 2 rings (SSSR count). The van der Waals surface area contributed by atoms with Crippen molar-refractivity contribution in [2.75, 3.05) is 5.75 Å². The van der Waals surface area contributed by atoms with Gasteiger partial charge in [0.15, 0.2) is 6.29 Å². The molecule has 0 radical (unpaired) electrons. The van der Waals surface area contributed by atoms with Gasteiger partial charge in [-0.15, -0.1) is 23.1 Å². The van der Waals surface area contributed by atoms with Crippen molar-refractivity contribution in [2.45, 2.75) is 46.3 Å². The van der Waals surface area contributed by atoms with E-state index in [0.29, 0.717) is 5.25 Å². The predicted octanol–water partition coefficient (Wildman–Crippen LogP) is 6.75. The molecule has 0 aromatic carbocycles. The molecule has 1 unspecified atom stereocenters. The molecule has 1 aliphatic heterocycles. The SMILES string of the molecule is CC(C)(C)/C=C/c1sc(C2C/C(=C\C(C)(C)C=S)CS2)cc1C=O. The van der Waals surface area contributed by atoms with Gasteiger partial charge in [-0.25, -0.2) is 0 Å². The van der Waals surface area contributed by atoms with E-state index in [2.05, 4.69) is 58.9 Å². The predicted molar refractivity (Wildman–Crippen MR) is 114 cm³/mol. The van der Waals surface area contributed by atoms with Crippen LogP contribution in [-0.2, 0) is 0 Å². The van der Waals surface area contributed by atoms with Crippen LogP contribution < -0.4 is 0 Å². The van der Waals surface area contributed by atoms with Gasteiger partial charge in [0.2, 0.25) is 0 Å². The van der Waals surface area contributed by atoms with Crippen molar-refractivity contribution in [3.05, 3.63) is 39.1 Å². The van der Waals surface area contributed by atoms with Crippen molar-refractivity contribution in [2.24, 2.45) is 10.8 Å². The molecule has 130 valence electrons. The third-order valence-electron chi connectivity index (χ3n) is 3.79. The summed E-state index contributed by atoms with van der Waals surface area (Å²) in [6.45, 7) is 10.8. The van der Waals surface area contributed by atoms with E-state index in [1.807, 2.05) is 17.1 Å². The summed E-state index contributed by atoms with van der Waals surface area (Å²) < 4.78 is 0. The number of thiocarbonyl (C=S) groups is 1. The second kappa shape index (κ2) is 7.67. The van der Waals surface area contributed by atoms with Crippen LogP contribution in [0.2, 0.25) is 0 Å². The zero-order chi connectivity index (χ0) is 18.0. The average Bonchev–Trinajstić information content (AvgIpc) is 3.10. The summed E-state index contributed by atoms with van der Waals surface area (Å²) in [7, 11) is 0. The summed E-state index contributed by atoms with van der Waals surface area (Å²) >= 11 is 8.84. The Bertz CT molecular complexity index is 672. The van der Waals surface area contributed by atoms with Crippen molar-refractivity contribution < 1.29 is 4.79 Å². The van der Waals surface area contributed by atoms with Crippen molar-refractivity contribution in [1.82, 2.24) is 0 Å². The molecule has 2 heterocycles. The van der Waals surface area contributed by atoms with E-state index in [0.717, 1.165) is 28.9 Å². The molecule has 1 nitrogen and oxygen atoms in total. The molecule has 1 atom stereocenters. The fourth-order valence-electron chi connectivity index (χ4n) is 2.55. The molecule has 0 bridgehead atoms. The lowest BCUT2D eigenvalue weighted by molar-refractivity contribution is 0.112. The standard InChI is InChI=1S/C20H26OS3/c1-19(2,3)7-6-16-15(11-21)9-18(24-16)17-8-14(12-23-17)10-20(4,5)13-22/h6-7,9-11,13,17H,8,12H2,1-5H3/b7-6+,14-10+. The molecular weight excluding hydrogens is 352 g/mol. The van der Waals surface area contributed by atoms with Gasteiger partial charge in [-0.1, -0.05) is 64.6 Å². The van der Waals surface area contributed by atoms with Crippen LogP contribution in [-0.4, -0.2) is 17.4 Å². The fourth-order valence-corrected chi connectivity index (χ4v) is 5.17. The van der Waals surface area contributed by atoms with Gasteiger partial charge < -0.3 is 0 Å². The van der Waals surface area contributed by atoms with E-state index in [-0.39, 0.29) is 10.8 Å². The first kappa shape index (κ1) is 19.6. The highest BCUT2D eigenvalue weighted by molar-refractivity contribution is 8.00. The van der Waals surface area contributed by atoms with Crippen molar-refractivity contribution in [3.8, 4) is 0 Å². The third-order valence-corrected chi connectivity index (χ3v) is 7.13. The highest BCUT2D eigenvalue weighted by Gasteiger charge is 2.26. The number of allylic oxidation sites excluding steroid dienone is 2. The number of aldehydes is 1. The maximum Gasteiger partial charge on any atom is 0.151 e. The van der Waals surface area contributed by atoms with Gasteiger partial charge in [0.1, 0.15) is 0 Å². The van der Waals surface area contributed by atoms with Crippen LogP contribution in [0.3, 0.4) is 0 Å². The Labute approximate surface area is 159 Å². The summed E-state index contributed by atoms with van der Waals surface area (Å²) in [6, 6.07) is 2.07. The highest BCUT2D eigenvalue weighted by atomic mass is 32.2. The first-order valence-corrected chi connectivity index (χ1v) is 10.5. The average molecular weight is 379 g/mol. The minimum absolute atomic E-state index is 0.0237. The molecule has 0 N–H and O–H groups in total. The maximum absolute atomic E-state index is 11.4. The number of thiophene rings is 1. The Balaban J connectivity index is 2.19. The lowest BCUT2D eigenvalue weighted by Crippen LogP contribution is -2.08. The third kappa shape index (κ3) is 5.40. The molecular formula is C20H26OS3. The van der Waals surface area contributed by atoms with Gasteiger partial charge in [0.05, 0.1) is 0 Å². The lowest BCUT2D eigenvalue weighted by Gasteiger charge is -2.14. The zero-order valence-corrected chi connectivity index (χ0v) is 17.5. The van der Waals surface area contributed by atoms with E-state index in [4.69, 9.17) is 12.2 Å². The summed E-state index contributed by atoms with van der Waals surface area (Å²) in [5.41, 5.74) is 2.37. The molecule has 0 aliphatic carbocycles. The molecule has 0 amide bonds. The van der Waals surface area contributed by atoms with Gasteiger partial charge in [0, 0.05) is 31.7 Å². The number of thioether (sulfide) groups is 1. The molecule has 1 aliphatic rings. The van der Waals surface area contributed by atoms with Gasteiger partial charge in [-0.2, -0.15) is 0 Å². The maximum atomic E-state index is 11.4. The van der Waals surface area contributed by atoms with E-state index in [1.165, 1.54) is 10.5 Å². The van der Waals surface area contributed by atoms with E-state index >= 15 is 0 Å². The molecule has 1 aromatic rings. The Morgan fingerprint density at radius 1 is 1.25 bits per heavy atom. The first-order valence-electron chi connectivity index (χ1n) is 8.20. The van der Waals surface area contributed by atoms with E-state index in [9.17, 15) is 4.79 Å². The monoisotopic (exact) mass is 378 g/mol. The van der Waals surface area contributed by atoms with Crippen LogP contribution in [0.4, 0.5) is 0 Å². The summed E-state index contributed by atoms with van der Waals surface area (Å²) in [5, 5.41) is 2.29. The Hall–Kier alpha value is -0.710. The first-order chi connectivity index (χ1) is 11.1. The molecule has 0 spiro atoms. The summed E-state index contributed by atoms with van der Waals surface area (Å²) in [5.74, 6) is 1.05. The van der Waals surface area contributed by atoms with E-state index in [1.54, 1.807) is 11.3 Å². The Morgan fingerprint density at radius 2 is 1.96 bits per heavy atom. The topological polar surface area (TPSA) is 17.1 Å². The largest absolute Gasteiger partial charge is 0.298 e. The molecule has 24 heavy (non-hydrogen) atoms. The Kier molecular flexibility index (Phi) is 6.27. The van der Waals surface area contributed by atoms with Crippen LogP contribution in [0, 0.1) is 10.8 Å². The van der Waals surface area contributed by atoms with Crippen LogP contribution in [0.25, 0.3) is 6.08 Å². The van der Waals surface area contributed by atoms with Crippen LogP contribution >= 0.6 is 35.3 Å². The van der Waals surface area contributed by atoms with Gasteiger partial charge in [-0.05, 0) is 29.3 Å². The molecule has 1 aromatic heterocycles. The van der Waals surface area contributed by atoms with Crippen LogP contribution in [0.1, 0.15) is 66.4 Å². The lowest BCUT2D eigenvalue weighted by atomic mass is 9.92. The molecule has 0 saturated carbocycles.